The van der Waals surface area contributed by atoms with Crippen LogP contribution in [-0.2, 0) is 14.3 Å². The van der Waals surface area contributed by atoms with Gasteiger partial charge in [-0.3, -0.25) is 4.79 Å². The van der Waals surface area contributed by atoms with E-state index in [0.29, 0.717) is 18.1 Å². The van der Waals surface area contributed by atoms with Crippen LogP contribution in [-0.4, -0.2) is 31.2 Å². The summed E-state index contributed by atoms with van der Waals surface area (Å²) in [7, 11) is 0. The van der Waals surface area contributed by atoms with Crippen LogP contribution in [0, 0.1) is 5.82 Å². The quantitative estimate of drug-likeness (QED) is 0.688. The van der Waals surface area contributed by atoms with Crippen molar-refractivity contribution in [2.75, 3.05) is 18.5 Å². The molecule has 1 atom stereocenters. The fourth-order valence-electron chi connectivity index (χ4n) is 2.09. The van der Waals surface area contributed by atoms with Gasteiger partial charge in [0.15, 0.2) is 24.2 Å². The molecule has 0 spiro atoms. The Morgan fingerprint density at radius 2 is 1.81 bits per heavy atom. The van der Waals surface area contributed by atoms with Crippen molar-refractivity contribution in [2.45, 2.75) is 20.0 Å². The van der Waals surface area contributed by atoms with Crippen LogP contribution in [0.25, 0.3) is 0 Å². The maximum Gasteiger partial charge on any atom is 0.344 e. The van der Waals surface area contributed by atoms with Gasteiger partial charge in [0, 0.05) is 0 Å². The Kier molecular flexibility index (Phi) is 7.43. The van der Waals surface area contributed by atoms with Crippen LogP contribution < -0.4 is 14.8 Å². The lowest BCUT2D eigenvalue weighted by Crippen LogP contribution is -2.31. The average molecular weight is 396 g/mol. The smallest absolute Gasteiger partial charge is 0.344 e. The van der Waals surface area contributed by atoms with E-state index in [4.69, 9.17) is 25.8 Å². The zero-order valence-corrected chi connectivity index (χ0v) is 15.6. The molecular weight excluding hydrogens is 377 g/mol. The van der Waals surface area contributed by atoms with E-state index in [0.717, 1.165) is 12.1 Å². The number of carbonyl (C=O) groups is 2. The van der Waals surface area contributed by atoms with Crippen LogP contribution in [0.2, 0.25) is 5.02 Å². The summed E-state index contributed by atoms with van der Waals surface area (Å²) in [6.45, 7) is 3.30. The molecule has 0 radical (unpaired) electrons. The number of rotatable bonds is 8. The number of halogens is 2. The number of para-hydroxylation sites is 2. The van der Waals surface area contributed by atoms with E-state index >= 15 is 0 Å². The van der Waals surface area contributed by atoms with E-state index in [2.05, 4.69) is 5.32 Å². The van der Waals surface area contributed by atoms with Crippen LogP contribution >= 0.6 is 11.6 Å². The van der Waals surface area contributed by atoms with Gasteiger partial charge in [-0.15, -0.1) is 0 Å². The van der Waals surface area contributed by atoms with Crippen molar-refractivity contribution in [3.63, 3.8) is 0 Å². The average Bonchev–Trinajstić information content (AvgIpc) is 2.63. The van der Waals surface area contributed by atoms with Crippen molar-refractivity contribution in [1.29, 1.82) is 0 Å². The Morgan fingerprint density at radius 1 is 1.15 bits per heavy atom. The Labute approximate surface area is 161 Å². The van der Waals surface area contributed by atoms with Gasteiger partial charge in [-0.25, -0.2) is 9.18 Å². The fourth-order valence-corrected chi connectivity index (χ4v) is 2.31. The van der Waals surface area contributed by atoms with Crippen molar-refractivity contribution in [3.05, 3.63) is 53.3 Å². The molecule has 2 aromatic rings. The summed E-state index contributed by atoms with van der Waals surface area (Å²) < 4.78 is 28.8. The lowest BCUT2D eigenvalue weighted by molar-refractivity contribution is -0.155. The first-order chi connectivity index (χ1) is 12.9. The summed E-state index contributed by atoms with van der Waals surface area (Å²) in [5, 5.41) is 2.51. The van der Waals surface area contributed by atoms with E-state index in [-0.39, 0.29) is 17.3 Å². The second kappa shape index (κ2) is 9.78. The highest BCUT2D eigenvalue weighted by atomic mass is 35.5. The van der Waals surface area contributed by atoms with Gasteiger partial charge in [-0.2, -0.15) is 0 Å². The maximum atomic E-state index is 13.0. The van der Waals surface area contributed by atoms with Gasteiger partial charge >= 0.3 is 5.97 Å². The molecule has 0 fully saturated rings. The third kappa shape index (κ3) is 6.14. The molecule has 0 heterocycles. The van der Waals surface area contributed by atoms with Gasteiger partial charge in [0.2, 0.25) is 0 Å². The summed E-state index contributed by atoms with van der Waals surface area (Å²) in [6, 6.07) is 10.4. The molecule has 0 bridgehead atoms. The Morgan fingerprint density at radius 3 is 2.44 bits per heavy atom. The molecule has 6 nitrogen and oxygen atoms in total. The molecule has 0 saturated carbocycles. The molecule has 0 aromatic heterocycles. The number of carbonyl (C=O) groups excluding carboxylic acids is 2. The second-order valence-electron chi connectivity index (χ2n) is 5.41. The summed E-state index contributed by atoms with van der Waals surface area (Å²) in [6.07, 6.45) is -1.09. The largest absolute Gasteiger partial charge is 0.490 e. The number of hydrogen-bond donors (Lipinski definition) is 1. The highest BCUT2D eigenvalue weighted by molar-refractivity contribution is 6.33. The number of amides is 1. The van der Waals surface area contributed by atoms with E-state index < -0.39 is 23.8 Å². The molecule has 8 heteroatoms. The van der Waals surface area contributed by atoms with E-state index in [1.54, 1.807) is 24.3 Å². The van der Waals surface area contributed by atoms with Gasteiger partial charge in [0.05, 0.1) is 17.3 Å². The maximum absolute atomic E-state index is 13.0. The number of benzene rings is 2. The molecule has 0 aliphatic rings. The first-order valence-electron chi connectivity index (χ1n) is 8.20. The van der Waals surface area contributed by atoms with Crippen molar-refractivity contribution >= 4 is 29.2 Å². The number of esters is 1. The molecule has 1 amide bonds. The Balaban J connectivity index is 1.87. The summed E-state index contributed by atoms with van der Waals surface area (Å²) in [5.74, 6) is -0.960. The minimum Gasteiger partial charge on any atom is -0.490 e. The zero-order valence-electron chi connectivity index (χ0n) is 14.8. The Hall–Kier alpha value is -2.80. The first kappa shape index (κ1) is 20.5. The van der Waals surface area contributed by atoms with Gasteiger partial charge in [0.1, 0.15) is 5.82 Å². The van der Waals surface area contributed by atoms with Crippen molar-refractivity contribution < 1.29 is 28.2 Å². The van der Waals surface area contributed by atoms with Crippen molar-refractivity contribution in [1.82, 2.24) is 0 Å². The number of anilines is 1. The Bertz CT molecular complexity index is 814. The van der Waals surface area contributed by atoms with E-state index in [1.807, 2.05) is 6.92 Å². The highest BCUT2D eigenvalue weighted by Gasteiger charge is 2.19. The molecule has 2 aromatic carbocycles. The fraction of sp³-hybridized carbons (Fsp3) is 0.263. The zero-order chi connectivity index (χ0) is 19.8. The number of ether oxygens (including phenoxy) is 3. The molecule has 144 valence electrons. The third-order valence-corrected chi connectivity index (χ3v) is 3.67. The van der Waals surface area contributed by atoms with Crippen LogP contribution in [0.1, 0.15) is 13.8 Å². The van der Waals surface area contributed by atoms with Crippen LogP contribution in [0.15, 0.2) is 42.5 Å². The molecule has 1 unspecified atom stereocenters. The topological polar surface area (TPSA) is 73.9 Å². The second-order valence-corrected chi connectivity index (χ2v) is 5.82. The lowest BCUT2D eigenvalue weighted by atomic mass is 10.3. The summed E-state index contributed by atoms with van der Waals surface area (Å²) >= 11 is 5.85. The van der Waals surface area contributed by atoms with Gasteiger partial charge in [-0.05, 0) is 44.2 Å². The van der Waals surface area contributed by atoms with Gasteiger partial charge < -0.3 is 19.5 Å². The monoisotopic (exact) mass is 395 g/mol. The van der Waals surface area contributed by atoms with Gasteiger partial charge in [-0.1, -0.05) is 23.7 Å². The predicted octanol–water partition coefficient (Wildman–Crippen LogP) is 3.83. The first-order valence-corrected chi connectivity index (χ1v) is 8.58. The van der Waals surface area contributed by atoms with E-state index in [1.165, 1.54) is 13.0 Å². The van der Waals surface area contributed by atoms with Gasteiger partial charge in [0.25, 0.3) is 5.91 Å². The molecule has 0 aliphatic carbocycles. The van der Waals surface area contributed by atoms with Crippen LogP contribution in [0.4, 0.5) is 10.1 Å². The minimum atomic E-state index is -1.09. The standard InChI is InChI=1S/C19H19ClFNO5/c1-3-25-16-6-4-5-7-17(16)26-11-18(23)27-12(2)19(24)22-15-9-8-13(21)10-14(15)20/h4-10,12H,3,11H2,1-2H3,(H,22,24). The molecule has 1 N–H and O–H groups in total. The van der Waals surface area contributed by atoms with Crippen LogP contribution in [0.5, 0.6) is 11.5 Å². The predicted molar refractivity (Wildman–Crippen MR) is 98.7 cm³/mol. The van der Waals surface area contributed by atoms with Crippen molar-refractivity contribution in [2.24, 2.45) is 0 Å². The minimum absolute atomic E-state index is 0.0396. The summed E-state index contributed by atoms with van der Waals surface area (Å²) in [4.78, 5) is 24.0. The number of nitrogens with one attached hydrogen (secondary N) is 1. The van der Waals surface area contributed by atoms with Crippen molar-refractivity contribution in [3.8, 4) is 11.5 Å². The molecular formula is C19H19ClFNO5. The van der Waals surface area contributed by atoms with E-state index in [9.17, 15) is 14.0 Å². The summed E-state index contributed by atoms with van der Waals surface area (Å²) in [5.41, 5.74) is 0.216. The SMILES string of the molecule is CCOc1ccccc1OCC(=O)OC(C)C(=O)Nc1ccc(F)cc1Cl. The lowest BCUT2D eigenvalue weighted by Gasteiger charge is -2.15. The van der Waals surface area contributed by atoms with Crippen LogP contribution in [0.3, 0.4) is 0 Å². The molecule has 27 heavy (non-hydrogen) atoms. The molecule has 0 saturated heterocycles. The highest BCUT2D eigenvalue weighted by Crippen LogP contribution is 2.26. The molecule has 0 aliphatic heterocycles. The number of hydrogen-bond acceptors (Lipinski definition) is 5. The normalized spacial score (nSPS) is 11.4. The molecule has 2 rings (SSSR count). The third-order valence-electron chi connectivity index (χ3n) is 3.36.